The zero-order valence-electron chi connectivity index (χ0n) is 18.1. The van der Waals surface area contributed by atoms with E-state index in [2.05, 4.69) is 48.6 Å². The van der Waals surface area contributed by atoms with Crippen LogP contribution in [0.25, 0.3) is 11.1 Å². The Bertz CT molecular complexity index is 859. The van der Waals surface area contributed by atoms with Crippen LogP contribution in [0.4, 0.5) is 0 Å². The van der Waals surface area contributed by atoms with E-state index < -0.39 is 17.6 Å². The molecule has 0 bridgehead atoms. The van der Waals surface area contributed by atoms with E-state index >= 15 is 0 Å². The summed E-state index contributed by atoms with van der Waals surface area (Å²) in [5, 5.41) is 20.3. The van der Waals surface area contributed by atoms with Crippen molar-refractivity contribution in [3.05, 3.63) is 46.7 Å². The predicted molar refractivity (Wildman–Crippen MR) is 130 cm³/mol. The first-order chi connectivity index (χ1) is 14.8. The van der Waals surface area contributed by atoms with Crippen molar-refractivity contribution in [1.29, 1.82) is 0 Å². The minimum Gasteiger partial charge on any atom is -0.480 e. The average molecular weight is 461 g/mol. The first kappa shape index (κ1) is 23.8. The van der Waals surface area contributed by atoms with Gasteiger partial charge in [-0.05, 0) is 52.3 Å². The van der Waals surface area contributed by atoms with Gasteiger partial charge >= 0.3 is 5.97 Å². The summed E-state index contributed by atoms with van der Waals surface area (Å²) in [7, 11) is 0. The zero-order valence-corrected chi connectivity index (χ0v) is 19.8. The van der Waals surface area contributed by atoms with Gasteiger partial charge in [0.2, 0.25) is 5.91 Å². The Morgan fingerprint density at radius 3 is 2.35 bits per heavy atom. The Labute approximate surface area is 194 Å². The predicted octanol–water partition coefficient (Wildman–Crippen LogP) is 4.38. The number of hydrogen-bond acceptors (Lipinski definition) is 5. The standard InChI is InChI=1S/C24H32N2O3S2/c1-16(2)21(30)14-25-24(10-3-4-11-24)23(29)26-20(22(27)28)13-17-5-7-18(8-6-17)19-9-12-31-15-19/h5-9,12,15-16,20-21,25,30H,3-4,10-11,13-14H2,1-2H3,(H,26,29)(H,27,28). The maximum atomic E-state index is 13.2. The number of thiophene rings is 1. The van der Waals surface area contributed by atoms with Gasteiger partial charge < -0.3 is 15.7 Å². The quantitative estimate of drug-likeness (QED) is 0.397. The molecular formula is C24H32N2O3S2. The van der Waals surface area contributed by atoms with Crippen LogP contribution in [0, 0.1) is 5.92 Å². The molecule has 1 aromatic carbocycles. The topological polar surface area (TPSA) is 78.4 Å². The highest BCUT2D eigenvalue weighted by Crippen LogP contribution is 2.31. The summed E-state index contributed by atoms with van der Waals surface area (Å²) in [5.41, 5.74) is 2.43. The number of hydrogen-bond donors (Lipinski definition) is 4. The van der Waals surface area contributed by atoms with Gasteiger partial charge in [-0.1, -0.05) is 51.0 Å². The van der Waals surface area contributed by atoms with Gasteiger partial charge in [0.25, 0.3) is 0 Å². The summed E-state index contributed by atoms with van der Waals surface area (Å²) in [6.07, 6.45) is 3.61. The van der Waals surface area contributed by atoms with Crippen molar-refractivity contribution in [1.82, 2.24) is 10.6 Å². The first-order valence-electron chi connectivity index (χ1n) is 10.9. The summed E-state index contributed by atoms with van der Waals surface area (Å²) < 4.78 is 0. The molecule has 1 saturated carbocycles. The molecule has 1 aliphatic rings. The van der Waals surface area contributed by atoms with E-state index in [1.807, 2.05) is 29.6 Å². The van der Waals surface area contributed by atoms with Gasteiger partial charge in [0.1, 0.15) is 6.04 Å². The van der Waals surface area contributed by atoms with Crippen LogP contribution in [0.3, 0.4) is 0 Å². The number of amides is 1. The normalized spacial score (nSPS) is 17.4. The van der Waals surface area contributed by atoms with E-state index in [-0.39, 0.29) is 17.6 Å². The van der Waals surface area contributed by atoms with Gasteiger partial charge in [0.15, 0.2) is 0 Å². The summed E-state index contributed by atoms with van der Waals surface area (Å²) in [6.45, 7) is 4.83. The van der Waals surface area contributed by atoms with Crippen LogP contribution in [0.1, 0.15) is 45.1 Å². The van der Waals surface area contributed by atoms with Crippen molar-refractivity contribution in [3.8, 4) is 11.1 Å². The molecule has 3 N–H and O–H groups in total. The number of nitrogens with one attached hydrogen (secondary N) is 2. The number of carboxylic acids is 1. The zero-order chi connectivity index (χ0) is 22.4. The molecule has 0 spiro atoms. The van der Waals surface area contributed by atoms with Gasteiger partial charge in [0.05, 0.1) is 5.54 Å². The van der Waals surface area contributed by atoms with Crippen LogP contribution in [0.5, 0.6) is 0 Å². The Morgan fingerprint density at radius 2 is 1.81 bits per heavy atom. The van der Waals surface area contributed by atoms with Crippen molar-refractivity contribution in [2.75, 3.05) is 6.54 Å². The summed E-state index contributed by atoms with van der Waals surface area (Å²) in [6, 6.07) is 8.96. The summed E-state index contributed by atoms with van der Waals surface area (Å²) >= 11 is 6.26. The SMILES string of the molecule is CC(C)C(S)CNC1(C(=O)NC(Cc2ccc(-c3ccsc3)cc2)C(=O)O)CCCC1. The number of thiol groups is 1. The van der Waals surface area contributed by atoms with Crippen LogP contribution < -0.4 is 10.6 Å². The summed E-state index contributed by atoms with van der Waals surface area (Å²) in [4.78, 5) is 25.1. The molecule has 2 unspecified atom stereocenters. The Hall–Kier alpha value is -1.83. The molecule has 168 valence electrons. The molecule has 1 aromatic heterocycles. The first-order valence-corrected chi connectivity index (χ1v) is 12.3. The van der Waals surface area contributed by atoms with Crippen LogP contribution in [0.2, 0.25) is 0 Å². The maximum absolute atomic E-state index is 13.2. The summed E-state index contributed by atoms with van der Waals surface area (Å²) in [5.74, 6) is -0.838. The molecule has 0 aliphatic heterocycles. The highest BCUT2D eigenvalue weighted by molar-refractivity contribution is 7.81. The molecule has 5 nitrogen and oxygen atoms in total. The van der Waals surface area contributed by atoms with Crippen LogP contribution in [-0.2, 0) is 16.0 Å². The lowest BCUT2D eigenvalue weighted by Crippen LogP contribution is -2.59. The molecule has 1 fully saturated rings. The highest BCUT2D eigenvalue weighted by Gasteiger charge is 2.42. The van der Waals surface area contributed by atoms with Crippen molar-refractivity contribution < 1.29 is 14.7 Å². The monoisotopic (exact) mass is 460 g/mol. The highest BCUT2D eigenvalue weighted by atomic mass is 32.1. The largest absolute Gasteiger partial charge is 0.480 e. The molecule has 0 radical (unpaired) electrons. The number of benzene rings is 1. The Morgan fingerprint density at radius 1 is 1.13 bits per heavy atom. The second-order valence-corrected chi connectivity index (χ2v) is 10.2. The number of rotatable bonds is 10. The van der Waals surface area contributed by atoms with Gasteiger partial charge in [-0.15, -0.1) is 0 Å². The Kier molecular flexibility index (Phi) is 8.19. The molecule has 2 atom stereocenters. The number of carbonyl (C=O) groups excluding carboxylic acids is 1. The van der Waals surface area contributed by atoms with E-state index in [0.717, 1.165) is 42.4 Å². The van der Waals surface area contributed by atoms with Gasteiger partial charge in [-0.2, -0.15) is 24.0 Å². The molecule has 0 saturated heterocycles. The molecule has 7 heteroatoms. The second-order valence-electron chi connectivity index (χ2n) is 8.76. The molecule has 1 heterocycles. The van der Waals surface area contributed by atoms with Gasteiger partial charge in [-0.3, -0.25) is 4.79 Å². The molecule has 1 amide bonds. The third kappa shape index (κ3) is 6.11. The van der Waals surface area contributed by atoms with Crippen molar-refractivity contribution in [2.45, 2.75) is 62.8 Å². The molecule has 2 aromatic rings. The van der Waals surface area contributed by atoms with Gasteiger partial charge in [-0.25, -0.2) is 4.79 Å². The van der Waals surface area contributed by atoms with Crippen LogP contribution in [-0.4, -0.2) is 40.4 Å². The van der Waals surface area contributed by atoms with Crippen LogP contribution in [0.15, 0.2) is 41.1 Å². The molecule has 1 aliphatic carbocycles. The fraction of sp³-hybridized carbons (Fsp3) is 0.500. The number of carbonyl (C=O) groups is 2. The van der Waals surface area contributed by atoms with E-state index in [9.17, 15) is 14.7 Å². The Balaban J connectivity index is 1.66. The lowest BCUT2D eigenvalue weighted by molar-refractivity contribution is -0.143. The number of carboxylic acid groups (broad SMARTS) is 1. The van der Waals surface area contributed by atoms with E-state index in [4.69, 9.17) is 0 Å². The van der Waals surface area contributed by atoms with E-state index in [1.54, 1.807) is 11.3 Å². The second kappa shape index (κ2) is 10.7. The van der Waals surface area contributed by atoms with Crippen molar-refractivity contribution in [2.24, 2.45) is 5.92 Å². The third-order valence-corrected chi connectivity index (χ3v) is 7.62. The van der Waals surface area contributed by atoms with Crippen molar-refractivity contribution in [3.63, 3.8) is 0 Å². The van der Waals surface area contributed by atoms with Crippen LogP contribution >= 0.6 is 24.0 Å². The lowest BCUT2D eigenvalue weighted by Gasteiger charge is -2.32. The van der Waals surface area contributed by atoms with E-state index in [1.165, 1.54) is 0 Å². The number of aliphatic carboxylic acids is 1. The van der Waals surface area contributed by atoms with E-state index in [0.29, 0.717) is 12.5 Å². The molecular weight excluding hydrogens is 428 g/mol. The maximum Gasteiger partial charge on any atom is 0.326 e. The molecule has 3 rings (SSSR count). The third-order valence-electron chi connectivity index (χ3n) is 6.16. The average Bonchev–Trinajstić information content (AvgIpc) is 3.44. The molecule has 31 heavy (non-hydrogen) atoms. The lowest BCUT2D eigenvalue weighted by atomic mass is 9.94. The van der Waals surface area contributed by atoms with Gasteiger partial charge in [0, 0.05) is 18.2 Å². The van der Waals surface area contributed by atoms with Crippen molar-refractivity contribution >= 4 is 35.8 Å². The smallest absolute Gasteiger partial charge is 0.326 e. The minimum atomic E-state index is -1.02. The fourth-order valence-electron chi connectivity index (χ4n) is 3.99. The minimum absolute atomic E-state index is 0.141. The fourth-order valence-corrected chi connectivity index (χ4v) is 4.75.